The lowest BCUT2D eigenvalue weighted by molar-refractivity contribution is -0.386. The number of hydrogen-bond acceptors (Lipinski definition) is 5. The van der Waals surface area contributed by atoms with Crippen LogP contribution in [-0.2, 0) is 0 Å². The predicted molar refractivity (Wildman–Crippen MR) is 42.8 cm³/mol. The molecule has 0 aromatic carbocycles. The number of nitro groups is 1. The summed E-state index contributed by atoms with van der Waals surface area (Å²) in [5.41, 5.74) is -0.167. The van der Waals surface area contributed by atoms with E-state index < -0.39 is 4.92 Å². The van der Waals surface area contributed by atoms with Crippen LogP contribution in [0.15, 0.2) is 12.3 Å². The van der Waals surface area contributed by atoms with E-state index in [9.17, 15) is 14.9 Å². The Hall–Kier alpha value is -1.98. The second-order valence-electron chi connectivity index (χ2n) is 2.17. The van der Waals surface area contributed by atoms with Crippen molar-refractivity contribution < 1.29 is 14.5 Å². The number of aldehydes is 1. The summed E-state index contributed by atoms with van der Waals surface area (Å²) in [6.07, 6.45) is 1.69. The van der Waals surface area contributed by atoms with Gasteiger partial charge in [-0.3, -0.25) is 14.9 Å². The number of nitrogens with zero attached hydrogens (tertiary/aromatic N) is 2. The minimum Gasteiger partial charge on any atom is -0.476 e. The molecule has 1 heterocycles. The molecule has 0 bridgehead atoms. The van der Waals surface area contributed by atoms with Gasteiger partial charge in [0.1, 0.15) is 0 Å². The molecule has 0 spiro atoms. The molecule has 0 saturated carbocycles. The summed E-state index contributed by atoms with van der Waals surface area (Å²) in [7, 11) is 1.27. The van der Waals surface area contributed by atoms with Crippen LogP contribution in [0.1, 0.15) is 10.4 Å². The Morgan fingerprint density at radius 1 is 1.69 bits per heavy atom. The molecule has 0 aliphatic heterocycles. The zero-order valence-corrected chi connectivity index (χ0v) is 6.76. The molecule has 6 heteroatoms. The van der Waals surface area contributed by atoms with Crippen LogP contribution in [0.5, 0.6) is 5.88 Å². The van der Waals surface area contributed by atoms with E-state index in [-0.39, 0.29) is 17.1 Å². The molecular weight excluding hydrogens is 176 g/mol. The minimum atomic E-state index is -0.654. The van der Waals surface area contributed by atoms with Gasteiger partial charge >= 0.3 is 5.69 Å². The fraction of sp³-hybridized carbons (Fsp3) is 0.143. The van der Waals surface area contributed by atoms with Crippen molar-refractivity contribution in [2.24, 2.45) is 0 Å². The number of ether oxygens (including phenoxy) is 1. The number of carbonyl (C=O) groups excluding carboxylic acids is 1. The first-order valence-corrected chi connectivity index (χ1v) is 3.32. The van der Waals surface area contributed by atoms with Gasteiger partial charge in [0.25, 0.3) is 5.88 Å². The highest BCUT2D eigenvalue weighted by Gasteiger charge is 2.16. The SMILES string of the molecule is COc1ncc(C=O)cc1[N+](=O)[O-]. The molecule has 0 amide bonds. The van der Waals surface area contributed by atoms with E-state index in [2.05, 4.69) is 9.72 Å². The number of methoxy groups -OCH3 is 1. The molecule has 1 aromatic rings. The van der Waals surface area contributed by atoms with Crippen LogP contribution in [0.2, 0.25) is 0 Å². The maximum atomic E-state index is 10.4. The Labute approximate surface area is 73.3 Å². The average Bonchev–Trinajstić information content (AvgIpc) is 2.16. The van der Waals surface area contributed by atoms with Crippen LogP contribution in [0.4, 0.5) is 5.69 Å². The lowest BCUT2D eigenvalue weighted by Crippen LogP contribution is -1.97. The topological polar surface area (TPSA) is 82.3 Å². The molecule has 0 aliphatic carbocycles. The van der Waals surface area contributed by atoms with Crippen LogP contribution in [0.3, 0.4) is 0 Å². The standard InChI is InChI=1S/C7H6N2O4/c1-13-7-6(9(11)12)2-5(4-10)3-8-7/h2-4H,1H3. The fourth-order valence-corrected chi connectivity index (χ4v) is 0.809. The number of pyridine rings is 1. The monoisotopic (exact) mass is 182 g/mol. The van der Waals surface area contributed by atoms with Gasteiger partial charge in [-0.05, 0) is 0 Å². The molecule has 6 nitrogen and oxygen atoms in total. The Kier molecular flexibility index (Phi) is 2.53. The average molecular weight is 182 g/mol. The van der Waals surface area contributed by atoms with Crippen molar-refractivity contribution in [3.63, 3.8) is 0 Å². The van der Waals surface area contributed by atoms with E-state index >= 15 is 0 Å². The van der Waals surface area contributed by atoms with Crippen molar-refractivity contribution >= 4 is 12.0 Å². The maximum absolute atomic E-state index is 10.4. The minimum absolute atomic E-state index is 0.101. The van der Waals surface area contributed by atoms with Gasteiger partial charge < -0.3 is 4.74 Å². The molecule has 13 heavy (non-hydrogen) atoms. The van der Waals surface area contributed by atoms with E-state index in [0.717, 1.165) is 6.07 Å². The van der Waals surface area contributed by atoms with Gasteiger partial charge in [0.2, 0.25) is 0 Å². The van der Waals surface area contributed by atoms with Gasteiger partial charge in [-0.1, -0.05) is 0 Å². The molecule has 0 atom stereocenters. The van der Waals surface area contributed by atoms with Crippen LogP contribution in [0.25, 0.3) is 0 Å². The second kappa shape index (κ2) is 3.61. The number of carbonyl (C=O) groups is 1. The third-order valence-electron chi connectivity index (χ3n) is 1.38. The van der Waals surface area contributed by atoms with Crippen LogP contribution in [0, 0.1) is 10.1 Å². The molecule has 0 unspecified atom stereocenters. The van der Waals surface area contributed by atoms with Crippen molar-refractivity contribution in [1.82, 2.24) is 4.98 Å². The Bertz CT molecular complexity index is 350. The number of hydrogen-bond donors (Lipinski definition) is 0. The lowest BCUT2D eigenvalue weighted by Gasteiger charge is -1.99. The Balaban J connectivity index is 3.25. The molecular formula is C7H6N2O4. The van der Waals surface area contributed by atoms with E-state index in [1.165, 1.54) is 13.3 Å². The number of aromatic nitrogens is 1. The summed E-state index contributed by atoms with van der Waals surface area (Å²) < 4.78 is 4.64. The molecule has 0 N–H and O–H groups in total. The van der Waals surface area contributed by atoms with Gasteiger partial charge in [-0.25, -0.2) is 4.98 Å². The first kappa shape index (κ1) is 9.11. The van der Waals surface area contributed by atoms with Gasteiger partial charge in [0.05, 0.1) is 12.0 Å². The maximum Gasteiger partial charge on any atom is 0.331 e. The molecule has 0 saturated heterocycles. The van der Waals surface area contributed by atoms with E-state index in [4.69, 9.17) is 0 Å². The molecule has 0 aliphatic rings. The summed E-state index contributed by atoms with van der Waals surface area (Å²) in [6, 6.07) is 1.11. The molecule has 0 fully saturated rings. The Morgan fingerprint density at radius 2 is 2.38 bits per heavy atom. The van der Waals surface area contributed by atoms with Crippen molar-refractivity contribution in [2.75, 3.05) is 7.11 Å². The third-order valence-corrected chi connectivity index (χ3v) is 1.38. The summed E-state index contributed by atoms with van der Waals surface area (Å²) >= 11 is 0. The second-order valence-corrected chi connectivity index (χ2v) is 2.17. The summed E-state index contributed by atoms with van der Waals surface area (Å²) in [5.74, 6) is -0.101. The largest absolute Gasteiger partial charge is 0.476 e. The highest BCUT2D eigenvalue weighted by molar-refractivity contribution is 5.76. The quantitative estimate of drug-likeness (QED) is 0.392. The Morgan fingerprint density at radius 3 is 2.85 bits per heavy atom. The third kappa shape index (κ3) is 1.78. The van der Waals surface area contributed by atoms with E-state index in [1.54, 1.807) is 0 Å². The zero-order chi connectivity index (χ0) is 9.84. The highest BCUT2D eigenvalue weighted by Crippen LogP contribution is 2.23. The van der Waals surface area contributed by atoms with Gasteiger partial charge in [0.15, 0.2) is 6.29 Å². The lowest BCUT2D eigenvalue weighted by atomic mass is 10.3. The summed E-state index contributed by atoms with van der Waals surface area (Å²) in [6.45, 7) is 0. The van der Waals surface area contributed by atoms with Crippen molar-refractivity contribution in [1.29, 1.82) is 0 Å². The molecule has 1 rings (SSSR count). The molecule has 1 aromatic heterocycles. The predicted octanol–water partition coefficient (Wildman–Crippen LogP) is 0.811. The van der Waals surface area contributed by atoms with Gasteiger partial charge in [-0.2, -0.15) is 0 Å². The summed E-state index contributed by atoms with van der Waals surface area (Å²) in [5, 5.41) is 10.4. The van der Waals surface area contributed by atoms with Gasteiger partial charge in [0, 0.05) is 17.8 Å². The van der Waals surface area contributed by atoms with Crippen LogP contribution >= 0.6 is 0 Å². The van der Waals surface area contributed by atoms with Crippen LogP contribution < -0.4 is 4.74 Å². The van der Waals surface area contributed by atoms with Crippen molar-refractivity contribution in [2.45, 2.75) is 0 Å². The normalized spacial score (nSPS) is 9.31. The number of rotatable bonds is 3. The van der Waals surface area contributed by atoms with Crippen molar-refractivity contribution in [3.8, 4) is 5.88 Å². The first-order chi connectivity index (χ1) is 6.19. The highest BCUT2D eigenvalue weighted by atomic mass is 16.6. The first-order valence-electron chi connectivity index (χ1n) is 3.32. The van der Waals surface area contributed by atoms with Gasteiger partial charge in [-0.15, -0.1) is 0 Å². The zero-order valence-electron chi connectivity index (χ0n) is 6.76. The van der Waals surface area contributed by atoms with Crippen LogP contribution in [-0.4, -0.2) is 23.3 Å². The fourth-order valence-electron chi connectivity index (χ4n) is 0.809. The van der Waals surface area contributed by atoms with E-state index in [0.29, 0.717) is 6.29 Å². The van der Waals surface area contributed by atoms with E-state index in [1.807, 2.05) is 0 Å². The molecule has 0 radical (unpaired) electrons. The van der Waals surface area contributed by atoms with Crippen molar-refractivity contribution in [3.05, 3.63) is 27.9 Å². The molecule has 68 valence electrons. The smallest absolute Gasteiger partial charge is 0.331 e. The summed E-state index contributed by atoms with van der Waals surface area (Å²) in [4.78, 5) is 23.6.